The number of amides is 2. The van der Waals surface area contributed by atoms with Crippen molar-refractivity contribution in [3.63, 3.8) is 0 Å². The van der Waals surface area contributed by atoms with Crippen LogP contribution in [0, 0.1) is 0 Å². The SMILES string of the molecule is NC(=O)CCC(=O)NCCS(=O)O. The van der Waals surface area contributed by atoms with Gasteiger partial charge in [0.1, 0.15) is 0 Å². The Kier molecular flexibility index (Phi) is 6.07. The summed E-state index contributed by atoms with van der Waals surface area (Å²) in [5.74, 6) is -0.896. The molecule has 0 heterocycles. The molecule has 0 aromatic rings. The first-order chi connectivity index (χ1) is 6.02. The van der Waals surface area contributed by atoms with Crippen LogP contribution in [-0.2, 0) is 20.7 Å². The standard InChI is InChI=1S/C6H12N2O4S/c7-5(9)1-2-6(10)8-3-4-13(11)12/h1-4H2,(H2,7,9)(H,8,10)(H,11,12). The Balaban J connectivity index is 3.41. The van der Waals surface area contributed by atoms with Gasteiger partial charge in [-0.2, -0.15) is 0 Å². The normalized spacial score (nSPS) is 12.1. The van der Waals surface area contributed by atoms with Crippen LogP contribution >= 0.6 is 0 Å². The Hall–Kier alpha value is -0.950. The molecule has 0 saturated carbocycles. The van der Waals surface area contributed by atoms with Crippen LogP contribution in [0.4, 0.5) is 0 Å². The van der Waals surface area contributed by atoms with Crippen molar-refractivity contribution in [2.45, 2.75) is 12.8 Å². The Bertz CT molecular complexity index is 219. The van der Waals surface area contributed by atoms with Crippen molar-refractivity contribution in [2.75, 3.05) is 12.3 Å². The highest BCUT2D eigenvalue weighted by Gasteiger charge is 2.03. The highest BCUT2D eigenvalue weighted by molar-refractivity contribution is 7.79. The van der Waals surface area contributed by atoms with Crippen LogP contribution in [0.25, 0.3) is 0 Å². The van der Waals surface area contributed by atoms with Gasteiger partial charge in [-0.05, 0) is 0 Å². The first-order valence-corrected chi connectivity index (χ1v) is 4.92. The smallest absolute Gasteiger partial charge is 0.220 e. The molecule has 1 atom stereocenters. The third-order valence-electron chi connectivity index (χ3n) is 1.20. The van der Waals surface area contributed by atoms with Gasteiger partial charge in [0.15, 0.2) is 11.1 Å². The molecule has 0 aliphatic carbocycles. The van der Waals surface area contributed by atoms with Gasteiger partial charge in [-0.25, -0.2) is 4.21 Å². The molecule has 6 nitrogen and oxygen atoms in total. The summed E-state index contributed by atoms with van der Waals surface area (Å²) in [6.07, 6.45) is 0.0153. The van der Waals surface area contributed by atoms with E-state index in [-0.39, 0.29) is 31.0 Å². The highest BCUT2D eigenvalue weighted by atomic mass is 32.2. The molecule has 0 aliphatic heterocycles. The van der Waals surface area contributed by atoms with Crippen molar-refractivity contribution in [3.05, 3.63) is 0 Å². The average molecular weight is 208 g/mol. The van der Waals surface area contributed by atoms with Crippen molar-refractivity contribution in [1.82, 2.24) is 5.32 Å². The molecule has 0 aromatic heterocycles. The second kappa shape index (κ2) is 6.55. The summed E-state index contributed by atoms with van der Waals surface area (Å²) in [5, 5.41) is 2.37. The van der Waals surface area contributed by atoms with Crippen molar-refractivity contribution in [2.24, 2.45) is 5.73 Å². The number of primary amides is 1. The molecule has 0 aliphatic rings. The van der Waals surface area contributed by atoms with E-state index in [1.165, 1.54) is 0 Å². The van der Waals surface area contributed by atoms with Crippen molar-refractivity contribution in [3.8, 4) is 0 Å². The van der Waals surface area contributed by atoms with Crippen molar-refractivity contribution < 1.29 is 18.4 Å². The fourth-order valence-electron chi connectivity index (χ4n) is 0.603. The van der Waals surface area contributed by atoms with Crippen LogP contribution in [0.1, 0.15) is 12.8 Å². The van der Waals surface area contributed by atoms with E-state index < -0.39 is 17.0 Å². The Morgan fingerprint density at radius 3 is 2.46 bits per heavy atom. The minimum absolute atomic E-state index is 0.00591. The molecule has 0 bridgehead atoms. The zero-order valence-corrected chi connectivity index (χ0v) is 7.80. The maximum Gasteiger partial charge on any atom is 0.220 e. The van der Waals surface area contributed by atoms with Crippen LogP contribution in [0.5, 0.6) is 0 Å². The maximum atomic E-state index is 10.8. The van der Waals surface area contributed by atoms with E-state index in [1.807, 2.05) is 0 Å². The Morgan fingerprint density at radius 2 is 2.00 bits per heavy atom. The lowest BCUT2D eigenvalue weighted by Gasteiger charge is -2.01. The average Bonchev–Trinajstić information content (AvgIpc) is 2.00. The Labute approximate surface area is 78.2 Å². The first-order valence-electron chi connectivity index (χ1n) is 3.65. The number of hydrogen-bond donors (Lipinski definition) is 3. The van der Waals surface area contributed by atoms with Crippen LogP contribution in [0.15, 0.2) is 0 Å². The van der Waals surface area contributed by atoms with Gasteiger partial charge < -0.3 is 15.6 Å². The molecular weight excluding hydrogens is 196 g/mol. The quantitative estimate of drug-likeness (QED) is 0.466. The lowest BCUT2D eigenvalue weighted by atomic mass is 10.3. The summed E-state index contributed by atoms with van der Waals surface area (Å²) in [7, 11) is 0. The van der Waals surface area contributed by atoms with Gasteiger partial charge in [0.25, 0.3) is 0 Å². The number of nitrogens with two attached hydrogens (primary N) is 1. The monoisotopic (exact) mass is 208 g/mol. The lowest BCUT2D eigenvalue weighted by Crippen LogP contribution is -2.28. The number of nitrogens with one attached hydrogen (secondary N) is 1. The summed E-state index contributed by atoms with van der Waals surface area (Å²) in [5.41, 5.74) is 4.81. The zero-order chi connectivity index (χ0) is 10.3. The highest BCUT2D eigenvalue weighted by Crippen LogP contribution is 1.86. The van der Waals surface area contributed by atoms with Gasteiger partial charge in [0.2, 0.25) is 11.8 Å². The number of rotatable bonds is 6. The van der Waals surface area contributed by atoms with Gasteiger partial charge in [-0.1, -0.05) is 0 Å². The summed E-state index contributed by atoms with van der Waals surface area (Å²) < 4.78 is 18.5. The Morgan fingerprint density at radius 1 is 1.38 bits per heavy atom. The molecule has 0 radical (unpaired) electrons. The van der Waals surface area contributed by atoms with E-state index >= 15 is 0 Å². The van der Waals surface area contributed by atoms with Crippen molar-refractivity contribution >= 4 is 22.9 Å². The molecule has 7 heteroatoms. The molecule has 0 aromatic carbocycles. The molecule has 1 unspecified atom stereocenters. The molecular formula is C6H12N2O4S. The minimum Gasteiger partial charge on any atom is -0.370 e. The molecule has 0 saturated heterocycles. The molecule has 4 N–H and O–H groups in total. The van der Waals surface area contributed by atoms with Crippen molar-refractivity contribution in [1.29, 1.82) is 0 Å². The molecule has 13 heavy (non-hydrogen) atoms. The molecule has 2 amide bonds. The van der Waals surface area contributed by atoms with E-state index in [4.69, 9.17) is 10.3 Å². The second-order valence-electron chi connectivity index (χ2n) is 2.34. The zero-order valence-electron chi connectivity index (χ0n) is 6.99. The van der Waals surface area contributed by atoms with Gasteiger partial charge in [0, 0.05) is 19.4 Å². The number of carbonyl (C=O) groups excluding carboxylic acids is 2. The van der Waals surface area contributed by atoms with Crippen LogP contribution in [0.2, 0.25) is 0 Å². The predicted octanol–water partition coefficient (Wildman–Crippen LogP) is -1.41. The van der Waals surface area contributed by atoms with Crippen LogP contribution in [0.3, 0.4) is 0 Å². The molecule has 0 fully saturated rings. The topological polar surface area (TPSA) is 109 Å². The summed E-state index contributed by atoms with van der Waals surface area (Å²) in [4.78, 5) is 21.1. The first kappa shape index (κ1) is 12.0. The van der Waals surface area contributed by atoms with Crippen LogP contribution in [-0.4, -0.2) is 32.9 Å². The fraction of sp³-hybridized carbons (Fsp3) is 0.667. The predicted molar refractivity (Wildman–Crippen MR) is 47.1 cm³/mol. The van der Waals surface area contributed by atoms with E-state index in [0.29, 0.717) is 0 Å². The third-order valence-corrected chi connectivity index (χ3v) is 1.75. The van der Waals surface area contributed by atoms with E-state index in [9.17, 15) is 13.8 Å². The van der Waals surface area contributed by atoms with Gasteiger partial charge in [-0.3, -0.25) is 9.59 Å². The number of hydrogen-bond acceptors (Lipinski definition) is 3. The third kappa shape index (κ3) is 8.96. The molecule has 76 valence electrons. The van der Waals surface area contributed by atoms with Gasteiger partial charge in [0.05, 0.1) is 5.75 Å². The summed E-state index contributed by atoms with van der Waals surface area (Å²) in [6.45, 7) is 0.126. The van der Waals surface area contributed by atoms with E-state index in [1.54, 1.807) is 0 Å². The summed E-state index contributed by atoms with van der Waals surface area (Å²) >= 11 is -1.90. The maximum absolute atomic E-state index is 10.8. The second-order valence-corrected chi connectivity index (χ2v) is 3.39. The van der Waals surface area contributed by atoms with Gasteiger partial charge >= 0.3 is 0 Å². The van der Waals surface area contributed by atoms with E-state index in [0.717, 1.165) is 0 Å². The minimum atomic E-state index is -1.90. The van der Waals surface area contributed by atoms with Gasteiger partial charge in [-0.15, -0.1) is 0 Å². The molecule has 0 spiro atoms. The fourth-order valence-corrected chi connectivity index (χ4v) is 0.880. The number of carbonyl (C=O) groups is 2. The largest absolute Gasteiger partial charge is 0.370 e. The summed E-state index contributed by atoms with van der Waals surface area (Å²) in [6, 6.07) is 0. The van der Waals surface area contributed by atoms with Crippen LogP contribution < -0.4 is 11.1 Å². The molecule has 0 rings (SSSR count). The lowest BCUT2D eigenvalue weighted by molar-refractivity contribution is -0.124. The van der Waals surface area contributed by atoms with E-state index in [2.05, 4.69) is 5.32 Å².